The highest BCUT2D eigenvalue weighted by Crippen LogP contribution is 2.47. The maximum Gasteiger partial charge on any atom is 0.410 e. The summed E-state index contributed by atoms with van der Waals surface area (Å²) in [5.74, 6) is 1.05. The van der Waals surface area contributed by atoms with Gasteiger partial charge < -0.3 is 19.4 Å². The number of nitrogens with one attached hydrogen (secondary N) is 3. The summed E-state index contributed by atoms with van der Waals surface area (Å²) in [4.78, 5) is 39.2. The highest BCUT2D eigenvalue weighted by atomic mass is 16.6. The van der Waals surface area contributed by atoms with E-state index in [1.807, 2.05) is 32.9 Å². The smallest absolute Gasteiger partial charge is 0.410 e. The number of hydrogen-bond donors (Lipinski definition) is 3. The van der Waals surface area contributed by atoms with Gasteiger partial charge in [-0.25, -0.2) is 4.79 Å². The molecule has 0 spiro atoms. The Bertz CT molecular complexity index is 1970. The van der Waals surface area contributed by atoms with Crippen molar-refractivity contribution in [2.24, 2.45) is 5.92 Å². The average molecular weight is 797 g/mol. The fourth-order valence-corrected chi connectivity index (χ4v) is 8.98. The first kappa shape index (κ1) is 43.3. The van der Waals surface area contributed by atoms with E-state index in [1.54, 1.807) is 4.90 Å². The van der Waals surface area contributed by atoms with E-state index in [0.29, 0.717) is 43.3 Å². The van der Waals surface area contributed by atoms with Crippen molar-refractivity contribution in [2.75, 3.05) is 26.2 Å². The number of carbonyl (C=O) groups is 3. The number of hydrogen-bond acceptors (Lipinski definition) is 8. The molecule has 316 valence electrons. The minimum Gasteiger partial charge on any atom is -0.444 e. The van der Waals surface area contributed by atoms with Gasteiger partial charge >= 0.3 is 6.09 Å². The Balaban J connectivity index is 0.000000202. The fourth-order valence-electron chi connectivity index (χ4n) is 8.98. The van der Waals surface area contributed by atoms with E-state index < -0.39 is 5.60 Å². The Labute approximate surface area is 346 Å². The molecule has 2 saturated heterocycles. The third-order valence-corrected chi connectivity index (χ3v) is 13.2. The molecule has 11 nitrogen and oxygen atoms in total. The van der Waals surface area contributed by atoms with Crippen molar-refractivity contribution in [3.63, 3.8) is 0 Å². The van der Waals surface area contributed by atoms with Gasteiger partial charge in [-0.05, 0) is 153 Å². The van der Waals surface area contributed by atoms with Gasteiger partial charge in [-0.1, -0.05) is 67.5 Å². The van der Waals surface area contributed by atoms with Crippen molar-refractivity contribution in [2.45, 2.75) is 161 Å². The van der Waals surface area contributed by atoms with Crippen LogP contribution in [0.4, 0.5) is 4.79 Å². The molecule has 3 heterocycles. The molecule has 0 unspecified atom stereocenters. The normalized spacial score (nSPS) is 21.1. The molecule has 3 amide bonds. The molecule has 2 aromatic carbocycles. The number of benzene rings is 2. The monoisotopic (exact) mass is 797 g/mol. The number of rotatable bonds is 4. The van der Waals surface area contributed by atoms with Crippen molar-refractivity contribution in [1.82, 2.24) is 31.3 Å². The molecular weight excluding hydrogens is 729 g/mol. The van der Waals surface area contributed by atoms with Gasteiger partial charge in [0.15, 0.2) is 0 Å². The summed E-state index contributed by atoms with van der Waals surface area (Å²) in [5, 5.41) is 12.1. The van der Waals surface area contributed by atoms with Crippen LogP contribution in [0.2, 0.25) is 0 Å². The number of carbonyl (C=O) groups excluding carboxylic acids is 3. The van der Waals surface area contributed by atoms with Crippen LogP contribution in [0.25, 0.3) is 11.5 Å². The van der Waals surface area contributed by atoms with Gasteiger partial charge in [-0.15, -0.1) is 10.2 Å². The Morgan fingerprint density at radius 2 is 1.26 bits per heavy atom. The van der Waals surface area contributed by atoms with E-state index >= 15 is 0 Å². The highest BCUT2D eigenvalue weighted by Gasteiger charge is 2.39. The van der Waals surface area contributed by atoms with E-state index in [9.17, 15) is 14.4 Å². The third-order valence-electron chi connectivity index (χ3n) is 13.2. The Kier molecular flexibility index (Phi) is 12.3. The first-order valence-corrected chi connectivity index (χ1v) is 21.5. The predicted molar refractivity (Wildman–Crippen MR) is 228 cm³/mol. The minimum atomic E-state index is -0.544. The largest absolute Gasteiger partial charge is 0.444 e. The van der Waals surface area contributed by atoms with Gasteiger partial charge in [-0.3, -0.25) is 20.4 Å². The minimum absolute atomic E-state index is 0.00645. The van der Waals surface area contributed by atoms with Gasteiger partial charge in [0.1, 0.15) is 5.60 Å². The topological polar surface area (TPSA) is 139 Å². The van der Waals surface area contributed by atoms with Crippen LogP contribution >= 0.6 is 0 Å². The second-order valence-electron chi connectivity index (χ2n) is 20.7. The number of amides is 3. The Morgan fingerprint density at radius 1 is 0.724 bits per heavy atom. The molecule has 2 fully saturated rings. The summed E-state index contributed by atoms with van der Waals surface area (Å²) >= 11 is 0. The van der Waals surface area contributed by atoms with Gasteiger partial charge in [0.2, 0.25) is 17.7 Å². The van der Waals surface area contributed by atoms with E-state index in [2.05, 4.69) is 106 Å². The van der Waals surface area contributed by atoms with Crippen LogP contribution in [-0.2, 0) is 31.2 Å². The lowest BCUT2D eigenvalue weighted by molar-refractivity contribution is -0.127. The molecule has 2 aliphatic heterocycles. The van der Waals surface area contributed by atoms with Crippen LogP contribution in [0.5, 0.6) is 0 Å². The van der Waals surface area contributed by atoms with Gasteiger partial charge in [0, 0.05) is 36.1 Å². The molecule has 0 bridgehead atoms. The number of nitrogens with zero attached hydrogens (tertiary/aromatic N) is 3. The van der Waals surface area contributed by atoms with E-state index in [4.69, 9.17) is 9.15 Å². The SMILES string of the molecule is CC(C)(C)OC(=O)N1CCC(C(=O)NNC(=O)c2ccc3c(c2)C(C)(C)CCC3(C)C)CC1.CC1(C)CCC(C)(C)c2cc(-c3nnc(C4CCNCC4)o3)ccc21. The Morgan fingerprint density at radius 3 is 1.83 bits per heavy atom. The molecule has 1 aromatic heterocycles. The van der Waals surface area contributed by atoms with E-state index in [0.717, 1.165) is 50.2 Å². The predicted octanol–water partition coefficient (Wildman–Crippen LogP) is 9.00. The lowest BCUT2D eigenvalue weighted by atomic mass is 9.63. The van der Waals surface area contributed by atoms with E-state index in [1.165, 1.54) is 35.1 Å². The van der Waals surface area contributed by atoms with Crippen molar-refractivity contribution in [3.8, 4) is 11.5 Å². The molecule has 4 aliphatic rings. The summed E-state index contributed by atoms with van der Waals surface area (Å²) < 4.78 is 11.5. The van der Waals surface area contributed by atoms with Crippen LogP contribution in [0.3, 0.4) is 0 Å². The second-order valence-corrected chi connectivity index (χ2v) is 20.7. The number of fused-ring (bicyclic) bond motifs is 2. The lowest BCUT2D eigenvalue weighted by Gasteiger charge is -2.42. The summed E-state index contributed by atoms with van der Waals surface area (Å²) in [7, 11) is 0. The van der Waals surface area contributed by atoms with Crippen molar-refractivity contribution in [3.05, 3.63) is 70.1 Å². The van der Waals surface area contributed by atoms with Crippen LogP contribution in [0.1, 0.15) is 172 Å². The van der Waals surface area contributed by atoms with Gasteiger partial charge in [0.25, 0.3) is 5.91 Å². The quantitative estimate of drug-likeness (QED) is 0.223. The molecule has 0 radical (unpaired) electrons. The Hall–Kier alpha value is -4.25. The first-order chi connectivity index (χ1) is 27.1. The molecule has 2 aliphatic carbocycles. The molecule has 0 atom stereocenters. The lowest BCUT2D eigenvalue weighted by Crippen LogP contribution is -2.48. The highest BCUT2D eigenvalue weighted by molar-refractivity contribution is 5.96. The zero-order chi connectivity index (χ0) is 42.3. The van der Waals surface area contributed by atoms with Gasteiger partial charge in [-0.2, -0.15) is 0 Å². The zero-order valence-corrected chi connectivity index (χ0v) is 37.0. The van der Waals surface area contributed by atoms with Crippen molar-refractivity contribution in [1.29, 1.82) is 0 Å². The summed E-state index contributed by atoms with van der Waals surface area (Å²) in [6, 6.07) is 12.6. The number of aromatic nitrogens is 2. The van der Waals surface area contributed by atoms with Crippen molar-refractivity contribution < 1.29 is 23.5 Å². The van der Waals surface area contributed by atoms with Crippen LogP contribution in [0, 0.1) is 5.92 Å². The number of ether oxygens (including phenoxy) is 1. The molecule has 58 heavy (non-hydrogen) atoms. The molecule has 3 N–H and O–H groups in total. The fraction of sp³-hybridized carbons (Fsp3) is 0.638. The summed E-state index contributed by atoms with van der Waals surface area (Å²) in [6.45, 7) is 26.8. The van der Waals surface area contributed by atoms with Crippen LogP contribution < -0.4 is 16.2 Å². The van der Waals surface area contributed by atoms with Crippen molar-refractivity contribution >= 4 is 17.9 Å². The number of piperidine rings is 2. The van der Waals surface area contributed by atoms with E-state index in [-0.39, 0.29) is 45.5 Å². The molecule has 3 aromatic rings. The number of hydrazine groups is 1. The molecule has 7 rings (SSSR count). The van der Waals surface area contributed by atoms with Gasteiger partial charge in [0.05, 0.1) is 0 Å². The van der Waals surface area contributed by atoms with Crippen LogP contribution in [-0.4, -0.2) is 64.8 Å². The molecular formula is C47H68N6O5. The summed E-state index contributed by atoms with van der Waals surface area (Å²) in [5.41, 5.74) is 12.1. The first-order valence-electron chi connectivity index (χ1n) is 21.5. The van der Waals surface area contributed by atoms with Crippen LogP contribution in [0.15, 0.2) is 40.8 Å². The standard InChI is InChI=1S/C26H39N3O4.C21H29N3O/c1-24(2,3)33-23(32)29-14-10-17(11-15-29)21(30)27-28-22(31)18-8-9-19-20(16-18)26(6,7)13-12-25(19,4)5;1-20(2)9-10-21(3,4)17-13-15(5-6-16(17)20)19-24-23-18(25-19)14-7-11-22-12-8-14/h8-9,16-17H,10-15H2,1-7H3,(H,27,30)(H,28,31);5-6,13-14,22H,7-12H2,1-4H3. The molecule has 0 saturated carbocycles. The zero-order valence-electron chi connectivity index (χ0n) is 37.0. The maximum absolute atomic E-state index is 12.8. The number of likely N-dealkylation sites (tertiary alicyclic amines) is 1. The molecule has 11 heteroatoms. The maximum atomic E-state index is 12.8. The summed E-state index contributed by atoms with van der Waals surface area (Å²) in [6.07, 6.45) is 7.48. The third kappa shape index (κ3) is 9.78. The second kappa shape index (κ2) is 16.4. The average Bonchev–Trinajstić information content (AvgIpc) is 3.68.